The summed E-state index contributed by atoms with van der Waals surface area (Å²) in [6.07, 6.45) is 3.51. The van der Waals surface area contributed by atoms with Gasteiger partial charge in [0.05, 0.1) is 25.5 Å². The van der Waals surface area contributed by atoms with E-state index < -0.39 is 5.82 Å². The number of anilines is 1. The Morgan fingerprint density at radius 3 is 3.04 bits per heavy atom. The fourth-order valence-electron chi connectivity index (χ4n) is 2.82. The lowest BCUT2D eigenvalue weighted by Crippen LogP contribution is -2.34. The Bertz CT molecular complexity index is 729. The van der Waals surface area contributed by atoms with Crippen molar-refractivity contribution >= 4 is 11.7 Å². The van der Waals surface area contributed by atoms with Gasteiger partial charge in [0, 0.05) is 24.8 Å². The molecule has 0 aliphatic carbocycles. The van der Waals surface area contributed by atoms with Crippen LogP contribution in [0.2, 0.25) is 0 Å². The molecule has 1 aliphatic heterocycles. The van der Waals surface area contributed by atoms with Gasteiger partial charge in [0.1, 0.15) is 0 Å². The highest BCUT2D eigenvalue weighted by Gasteiger charge is 2.22. The number of methoxy groups -OCH3 is 1. The van der Waals surface area contributed by atoms with Gasteiger partial charge in [0.25, 0.3) is 0 Å². The van der Waals surface area contributed by atoms with Crippen LogP contribution in [0, 0.1) is 5.82 Å². The monoisotopic (exact) mass is 318 g/mol. The molecule has 0 saturated heterocycles. The van der Waals surface area contributed by atoms with Gasteiger partial charge < -0.3 is 15.0 Å². The SMILES string of the molecule is COc1cccc(NC(=O)N2CCCc3c(cnn3C)C2)c1F. The van der Waals surface area contributed by atoms with E-state index in [0.717, 1.165) is 24.1 Å². The Hall–Kier alpha value is -2.57. The summed E-state index contributed by atoms with van der Waals surface area (Å²) < 4.78 is 20.9. The van der Waals surface area contributed by atoms with Crippen molar-refractivity contribution in [3.05, 3.63) is 41.5 Å². The summed E-state index contributed by atoms with van der Waals surface area (Å²) in [5, 5.41) is 6.86. The van der Waals surface area contributed by atoms with Gasteiger partial charge in [-0.3, -0.25) is 4.68 Å². The van der Waals surface area contributed by atoms with Crippen molar-refractivity contribution in [1.82, 2.24) is 14.7 Å². The lowest BCUT2D eigenvalue weighted by Gasteiger charge is -2.21. The number of hydrogen-bond donors (Lipinski definition) is 1. The van der Waals surface area contributed by atoms with Crippen LogP contribution >= 0.6 is 0 Å². The Labute approximate surface area is 133 Å². The zero-order valence-electron chi connectivity index (χ0n) is 13.2. The number of nitrogens with one attached hydrogen (secondary N) is 1. The second-order valence-corrected chi connectivity index (χ2v) is 5.52. The van der Waals surface area contributed by atoms with Crippen LogP contribution in [-0.2, 0) is 20.0 Å². The zero-order chi connectivity index (χ0) is 16.4. The van der Waals surface area contributed by atoms with E-state index in [1.807, 2.05) is 11.7 Å². The topological polar surface area (TPSA) is 59.4 Å². The minimum Gasteiger partial charge on any atom is -0.494 e. The molecule has 1 N–H and O–H groups in total. The van der Waals surface area contributed by atoms with Crippen LogP contribution in [0.3, 0.4) is 0 Å². The van der Waals surface area contributed by atoms with Crippen molar-refractivity contribution < 1.29 is 13.9 Å². The van der Waals surface area contributed by atoms with Gasteiger partial charge in [0.15, 0.2) is 11.6 Å². The molecule has 6 nitrogen and oxygen atoms in total. The molecule has 0 spiro atoms. The van der Waals surface area contributed by atoms with E-state index in [9.17, 15) is 9.18 Å². The molecule has 2 aromatic rings. The van der Waals surface area contributed by atoms with Crippen LogP contribution in [0.25, 0.3) is 0 Å². The molecule has 2 heterocycles. The normalized spacial score (nSPS) is 14.1. The Morgan fingerprint density at radius 2 is 2.26 bits per heavy atom. The maximum Gasteiger partial charge on any atom is 0.322 e. The highest BCUT2D eigenvalue weighted by Crippen LogP contribution is 2.25. The predicted octanol–water partition coefficient (Wildman–Crippen LogP) is 2.55. The van der Waals surface area contributed by atoms with Gasteiger partial charge in [-0.05, 0) is 25.0 Å². The van der Waals surface area contributed by atoms with Crippen molar-refractivity contribution in [2.45, 2.75) is 19.4 Å². The Balaban J connectivity index is 1.76. The molecule has 1 aliphatic rings. The number of halogens is 1. The fourth-order valence-corrected chi connectivity index (χ4v) is 2.82. The van der Waals surface area contributed by atoms with Gasteiger partial charge >= 0.3 is 6.03 Å². The maximum absolute atomic E-state index is 14.2. The fraction of sp³-hybridized carbons (Fsp3) is 0.375. The molecule has 0 fully saturated rings. The minimum atomic E-state index is -0.569. The summed E-state index contributed by atoms with van der Waals surface area (Å²) in [7, 11) is 3.29. The van der Waals surface area contributed by atoms with Gasteiger partial charge in [0.2, 0.25) is 0 Å². The first-order chi connectivity index (χ1) is 11.1. The molecular weight excluding hydrogens is 299 g/mol. The number of urea groups is 1. The molecule has 2 amide bonds. The number of aryl methyl sites for hydroxylation is 1. The van der Waals surface area contributed by atoms with Crippen molar-refractivity contribution in [2.75, 3.05) is 19.0 Å². The molecule has 0 saturated carbocycles. The summed E-state index contributed by atoms with van der Waals surface area (Å²) >= 11 is 0. The highest BCUT2D eigenvalue weighted by atomic mass is 19.1. The lowest BCUT2D eigenvalue weighted by atomic mass is 10.2. The molecule has 0 bridgehead atoms. The molecule has 23 heavy (non-hydrogen) atoms. The third-order valence-electron chi connectivity index (χ3n) is 4.06. The van der Waals surface area contributed by atoms with Crippen LogP contribution in [-0.4, -0.2) is 34.4 Å². The number of nitrogens with zero attached hydrogens (tertiary/aromatic N) is 3. The summed E-state index contributed by atoms with van der Waals surface area (Å²) in [6.45, 7) is 1.09. The molecule has 122 valence electrons. The van der Waals surface area contributed by atoms with Crippen LogP contribution < -0.4 is 10.1 Å². The van der Waals surface area contributed by atoms with Gasteiger partial charge in [-0.2, -0.15) is 5.10 Å². The summed E-state index contributed by atoms with van der Waals surface area (Å²) in [5.74, 6) is -0.464. The first-order valence-corrected chi connectivity index (χ1v) is 7.48. The van der Waals surface area contributed by atoms with Crippen molar-refractivity contribution in [3.8, 4) is 5.75 Å². The molecule has 3 rings (SSSR count). The smallest absolute Gasteiger partial charge is 0.322 e. The quantitative estimate of drug-likeness (QED) is 0.926. The van der Waals surface area contributed by atoms with Crippen LogP contribution in [0.5, 0.6) is 5.75 Å². The van der Waals surface area contributed by atoms with E-state index in [0.29, 0.717) is 13.1 Å². The van der Waals surface area contributed by atoms with Crippen LogP contribution in [0.4, 0.5) is 14.9 Å². The first kappa shape index (κ1) is 15.3. The number of fused-ring (bicyclic) bond motifs is 1. The molecule has 7 heteroatoms. The maximum atomic E-state index is 14.2. The highest BCUT2D eigenvalue weighted by molar-refractivity contribution is 5.89. The number of carbonyl (C=O) groups is 1. The van der Waals surface area contributed by atoms with E-state index in [1.54, 1.807) is 17.2 Å². The van der Waals surface area contributed by atoms with E-state index in [2.05, 4.69) is 10.4 Å². The molecule has 1 aromatic carbocycles. The molecule has 0 atom stereocenters. The van der Waals surface area contributed by atoms with E-state index in [1.165, 1.54) is 19.2 Å². The third-order valence-corrected chi connectivity index (χ3v) is 4.06. The number of hydrogen-bond acceptors (Lipinski definition) is 3. The van der Waals surface area contributed by atoms with Crippen LogP contribution in [0.1, 0.15) is 17.7 Å². The van der Waals surface area contributed by atoms with Gasteiger partial charge in [-0.15, -0.1) is 0 Å². The predicted molar refractivity (Wildman–Crippen MR) is 83.9 cm³/mol. The zero-order valence-corrected chi connectivity index (χ0v) is 13.2. The minimum absolute atomic E-state index is 0.105. The molecule has 0 radical (unpaired) electrons. The Kier molecular flexibility index (Phi) is 4.18. The van der Waals surface area contributed by atoms with Crippen LogP contribution in [0.15, 0.2) is 24.4 Å². The number of carbonyl (C=O) groups excluding carboxylic acids is 1. The van der Waals surface area contributed by atoms with E-state index in [-0.39, 0.29) is 17.5 Å². The van der Waals surface area contributed by atoms with E-state index >= 15 is 0 Å². The van der Waals surface area contributed by atoms with Crippen molar-refractivity contribution in [2.24, 2.45) is 7.05 Å². The number of aromatic nitrogens is 2. The first-order valence-electron chi connectivity index (χ1n) is 7.48. The van der Waals surface area contributed by atoms with Gasteiger partial charge in [-0.1, -0.05) is 6.07 Å². The van der Waals surface area contributed by atoms with Crippen molar-refractivity contribution in [3.63, 3.8) is 0 Å². The van der Waals surface area contributed by atoms with Crippen molar-refractivity contribution in [1.29, 1.82) is 0 Å². The molecule has 1 aromatic heterocycles. The average Bonchev–Trinajstić information content (AvgIpc) is 2.76. The largest absolute Gasteiger partial charge is 0.494 e. The number of amides is 2. The second kappa shape index (κ2) is 6.28. The number of rotatable bonds is 2. The summed E-state index contributed by atoms with van der Waals surface area (Å²) in [4.78, 5) is 14.1. The summed E-state index contributed by atoms with van der Waals surface area (Å²) in [5.41, 5.74) is 2.30. The number of benzene rings is 1. The lowest BCUT2D eigenvalue weighted by molar-refractivity contribution is 0.210. The standard InChI is InChI=1S/C16H19FN4O2/c1-20-13-6-4-8-21(10-11(13)9-18-20)16(22)19-12-5-3-7-14(23-2)15(12)17/h3,5,7,9H,4,6,8,10H2,1-2H3,(H,19,22). The molecular formula is C16H19FN4O2. The van der Waals surface area contributed by atoms with E-state index in [4.69, 9.17) is 4.74 Å². The average molecular weight is 318 g/mol. The molecule has 0 unspecified atom stereocenters. The van der Waals surface area contributed by atoms with Gasteiger partial charge in [-0.25, -0.2) is 9.18 Å². The number of ether oxygens (including phenoxy) is 1. The Morgan fingerprint density at radius 1 is 1.43 bits per heavy atom. The summed E-state index contributed by atoms with van der Waals surface area (Å²) in [6, 6.07) is 4.34. The second-order valence-electron chi connectivity index (χ2n) is 5.52. The third kappa shape index (κ3) is 2.99.